The Morgan fingerprint density at radius 1 is 1.06 bits per heavy atom. The quantitative estimate of drug-likeness (QED) is 0.829. The van der Waals surface area contributed by atoms with Crippen molar-refractivity contribution in [3.8, 4) is 0 Å². The molecule has 0 aliphatic rings. The summed E-state index contributed by atoms with van der Waals surface area (Å²) in [6, 6.07) is 11.5. The Kier molecular flexibility index (Phi) is 4.29. The van der Waals surface area contributed by atoms with Gasteiger partial charge in [-0.1, -0.05) is 18.2 Å². The zero-order valence-electron chi connectivity index (χ0n) is 9.54. The van der Waals surface area contributed by atoms with Crippen molar-refractivity contribution < 1.29 is 8.78 Å². The highest BCUT2D eigenvalue weighted by Gasteiger charge is 2.09. The van der Waals surface area contributed by atoms with Gasteiger partial charge < -0.3 is 5.73 Å². The van der Waals surface area contributed by atoms with E-state index in [9.17, 15) is 8.78 Å². The first kappa shape index (κ1) is 13.4. The fourth-order valence-corrected chi connectivity index (χ4v) is 2.34. The second-order valence-corrected chi connectivity index (χ2v) is 5.36. The van der Waals surface area contributed by atoms with Crippen LogP contribution in [0.4, 0.5) is 8.78 Å². The van der Waals surface area contributed by atoms with Crippen LogP contribution in [-0.4, -0.2) is 0 Å². The predicted octanol–water partition coefficient (Wildman–Crippen LogP) is 3.81. The van der Waals surface area contributed by atoms with E-state index in [1.807, 2.05) is 24.3 Å². The summed E-state index contributed by atoms with van der Waals surface area (Å²) in [7, 11) is 0. The van der Waals surface area contributed by atoms with Gasteiger partial charge in [0.15, 0.2) is 11.6 Å². The van der Waals surface area contributed by atoms with E-state index in [-0.39, 0.29) is 6.04 Å². The second kappa shape index (κ2) is 5.75. The van der Waals surface area contributed by atoms with Crippen LogP contribution >= 0.6 is 22.6 Å². The standard InChI is InChI=1S/C14H12F2IN/c15-12-5-4-9(6-13(12)16)7-14(18)10-2-1-3-11(17)8-10/h1-6,8,14H,7,18H2. The van der Waals surface area contributed by atoms with Crippen molar-refractivity contribution in [1.82, 2.24) is 0 Å². The average Bonchev–Trinajstić information content (AvgIpc) is 2.34. The fourth-order valence-electron chi connectivity index (χ4n) is 1.78. The lowest BCUT2D eigenvalue weighted by Crippen LogP contribution is -2.13. The van der Waals surface area contributed by atoms with Gasteiger partial charge in [-0.25, -0.2) is 8.78 Å². The van der Waals surface area contributed by atoms with Crippen molar-refractivity contribution in [2.75, 3.05) is 0 Å². The average molecular weight is 359 g/mol. The van der Waals surface area contributed by atoms with Gasteiger partial charge in [0.25, 0.3) is 0 Å². The molecule has 18 heavy (non-hydrogen) atoms. The monoisotopic (exact) mass is 359 g/mol. The highest BCUT2D eigenvalue weighted by atomic mass is 127. The molecule has 0 radical (unpaired) electrons. The van der Waals surface area contributed by atoms with Gasteiger partial charge in [-0.3, -0.25) is 0 Å². The molecule has 0 bridgehead atoms. The summed E-state index contributed by atoms with van der Waals surface area (Å²) in [6.07, 6.45) is 0.483. The predicted molar refractivity (Wildman–Crippen MR) is 76.1 cm³/mol. The van der Waals surface area contributed by atoms with Crippen LogP contribution in [0.3, 0.4) is 0 Å². The van der Waals surface area contributed by atoms with Crippen molar-refractivity contribution in [1.29, 1.82) is 0 Å². The van der Waals surface area contributed by atoms with Crippen molar-refractivity contribution >= 4 is 22.6 Å². The molecule has 0 amide bonds. The Balaban J connectivity index is 2.16. The molecular formula is C14H12F2IN. The van der Waals surface area contributed by atoms with Crippen LogP contribution in [0.1, 0.15) is 17.2 Å². The molecule has 1 nitrogen and oxygen atoms in total. The van der Waals surface area contributed by atoms with Crippen LogP contribution < -0.4 is 5.73 Å². The first-order valence-corrected chi connectivity index (χ1v) is 6.59. The van der Waals surface area contributed by atoms with Crippen LogP contribution in [0.25, 0.3) is 0 Å². The lowest BCUT2D eigenvalue weighted by molar-refractivity contribution is 0.506. The molecule has 0 fully saturated rings. The van der Waals surface area contributed by atoms with Crippen molar-refractivity contribution in [3.05, 3.63) is 68.8 Å². The van der Waals surface area contributed by atoms with Crippen LogP contribution in [0.2, 0.25) is 0 Å². The number of nitrogens with two attached hydrogens (primary N) is 1. The maximum Gasteiger partial charge on any atom is 0.159 e. The van der Waals surface area contributed by atoms with Crippen LogP contribution in [0.15, 0.2) is 42.5 Å². The molecule has 0 saturated carbocycles. The zero-order valence-corrected chi connectivity index (χ0v) is 11.7. The van der Waals surface area contributed by atoms with Gasteiger partial charge >= 0.3 is 0 Å². The maximum absolute atomic E-state index is 13.1. The summed E-state index contributed by atoms with van der Waals surface area (Å²) in [5, 5.41) is 0. The molecule has 2 aromatic carbocycles. The van der Waals surface area contributed by atoms with Gasteiger partial charge in [-0.15, -0.1) is 0 Å². The third-order valence-electron chi connectivity index (χ3n) is 2.72. The highest BCUT2D eigenvalue weighted by Crippen LogP contribution is 2.19. The smallest absolute Gasteiger partial charge is 0.159 e. The van der Waals surface area contributed by atoms with Gasteiger partial charge in [-0.2, -0.15) is 0 Å². The van der Waals surface area contributed by atoms with Gasteiger partial charge in [0.05, 0.1) is 0 Å². The first-order valence-electron chi connectivity index (χ1n) is 5.51. The van der Waals surface area contributed by atoms with E-state index in [0.717, 1.165) is 15.2 Å². The minimum atomic E-state index is -0.832. The van der Waals surface area contributed by atoms with Gasteiger partial charge in [0.2, 0.25) is 0 Å². The Morgan fingerprint density at radius 3 is 2.50 bits per heavy atom. The molecule has 0 aliphatic carbocycles. The van der Waals surface area contributed by atoms with E-state index in [1.165, 1.54) is 6.07 Å². The number of hydrogen-bond donors (Lipinski definition) is 1. The Hall–Kier alpha value is -1.01. The third kappa shape index (κ3) is 3.26. The fraction of sp³-hybridized carbons (Fsp3) is 0.143. The number of benzene rings is 2. The summed E-state index contributed by atoms with van der Waals surface area (Å²) < 4.78 is 27.0. The van der Waals surface area contributed by atoms with Gasteiger partial charge in [0.1, 0.15) is 0 Å². The van der Waals surface area contributed by atoms with E-state index in [4.69, 9.17) is 5.73 Å². The number of rotatable bonds is 3. The third-order valence-corrected chi connectivity index (χ3v) is 3.39. The number of hydrogen-bond acceptors (Lipinski definition) is 1. The lowest BCUT2D eigenvalue weighted by atomic mass is 10.00. The van der Waals surface area contributed by atoms with E-state index >= 15 is 0 Å². The SMILES string of the molecule is NC(Cc1ccc(F)c(F)c1)c1cccc(I)c1. The molecule has 0 spiro atoms. The second-order valence-electron chi connectivity index (χ2n) is 4.11. The van der Waals surface area contributed by atoms with Crippen LogP contribution in [0.5, 0.6) is 0 Å². The van der Waals surface area contributed by atoms with Crippen molar-refractivity contribution in [2.45, 2.75) is 12.5 Å². The molecule has 2 aromatic rings. The summed E-state index contributed by atoms with van der Waals surface area (Å²) >= 11 is 2.21. The summed E-state index contributed by atoms with van der Waals surface area (Å²) in [5.74, 6) is -1.66. The minimum absolute atomic E-state index is 0.218. The molecule has 0 heterocycles. The molecular weight excluding hydrogens is 347 g/mol. The molecule has 0 aromatic heterocycles. The van der Waals surface area contributed by atoms with Crippen LogP contribution in [0, 0.1) is 15.2 Å². The van der Waals surface area contributed by atoms with Crippen molar-refractivity contribution in [3.63, 3.8) is 0 Å². The van der Waals surface area contributed by atoms with Crippen LogP contribution in [-0.2, 0) is 6.42 Å². The van der Waals surface area contributed by atoms with Gasteiger partial charge in [0, 0.05) is 9.61 Å². The molecule has 2 rings (SSSR count). The number of halogens is 3. The highest BCUT2D eigenvalue weighted by molar-refractivity contribution is 14.1. The minimum Gasteiger partial charge on any atom is -0.324 e. The Labute approximate surface area is 118 Å². The van der Waals surface area contributed by atoms with Gasteiger partial charge in [-0.05, 0) is 64.4 Å². The molecule has 2 N–H and O–H groups in total. The lowest BCUT2D eigenvalue weighted by Gasteiger charge is -2.12. The molecule has 94 valence electrons. The maximum atomic E-state index is 13.1. The summed E-state index contributed by atoms with van der Waals surface area (Å²) in [6.45, 7) is 0. The molecule has 1 atom stereocenters. The molecule has 0 saturated heterocycles. The summed E-state index contributed by atoms with van der Waals surface area (Å²) in [4.78, 5) is 0. The molecule has 0 aliphatic heterocycles. The van der Waals surface area contributed by atoms with Crippen molar-refractivity contribution in [2.24, 2.45) is 5.73 Å². The van der Waals surface area contributed by atoms with E-state index in [1.54, 1.807) is 6.07 Å². The summed E-state index contributed by atoms with van der Waals surface area (Å²) in [5.41, 5.74) is 7.75. The topological polar surface area (TPSA) is 26.0 Å². The Morgan fingerprint density at radius 2 is 1.83 bits per heavy atom. The largest absolute Gasteiger partial charge is 0.324 e. The Bertz CT molecular complexity index is 557. The molecule has 4 heteroatoms. The van der Waals surface area contributed by atoms with E-state index < -0.39 is 11.6 Å². The van der Waals surface area contributed by atoms with E-state index in [0.29, 0.717) is 12.0 Å². The molecule has 1 unspecified atom stereocenters. The first-order chi connectivity index (χ1) is 8.56. The zero-order chi connectivity index (χ0) is 13.1. The van der Waals surface area contributed by atoms with E-state index in [2.05, 4.69) is 22.6 Å². The normalized spacial score (nSPS) is 12.4.